The fraction of sp³-hybridized carbons (Fsp3) is 0.667. The molecule has 2 nitrogen and oxygen atoms in total. The van der Waals surface area contributed by atoms with Gasteiger partial charge in [0, 0.05) is 0 Å². The van der Waals surface area contributed by atoms with Gasteiger partial charge < -0.3 is 9.47 Å². The molecule has 1 fully saturated rings. The number of hydrogen-bond acceptors (Lipinski definition) is 2. The van der Waals surface area contributed by atoms with Gasteiger partial charge in [-0.25, -0.2) is 0 Å². The Bertz CT molecular complexity index is 98.7. The third-order valence-electron chi connectivity index (χ3n) is 1.26. The van der Waals surface area contributed by atoms with Gasteiger partial charge in [-0.1, -0.05) is 6.58 Å². The van der Waals surface area contributed by atoms with Gasteiger partial charge in [0.15, 0.2) is 0 Å². The van der Waals surface area contributed by atoms with Crippen molar-refractivity contribution >= 4 is 0 Å². The van der Waals surface area contributed by atoms with Crippen molar-refractivity contribution < 1.29 is 9.47 Å². The Morgan fingerprint density at radius 2 is 2.50 bits per heavy atom. The Kier molecular flexibility index (Phi) is 1.65. The van der Waals surface area contributed by atoms with E-state index in [4.69, 9.17) is 9.47 Å². The van der Waals surface area contributed by atoms with Gasteiger partial charge in [0.25, 0.3) is 0 Å². The Labute approximate surface area is 49.1 Å². The first-order chi connectivity index (χ1) is 3.80. The van der Waals surface area contributed by atoms with Crippen LogP contribution in [0.25, 0.3) is 0 Å². The molecule has 0 bridgehead atoms. The highest BCUT2D eigenvalue weighted by atomic mass is 16.7. The van der Waals surface area contributed by atoms with E-state index in [2.05, 4.69) is 6.58 Å². The summed E-state index contributed by atoms with van der Waals surface area (Å²) in [5.41, 5.74) is 1.02. The summed E-state index contributed by atoms with van der Waals surface area (Å²) >= 11 is 0. The maximum atomic E-state index is 5.07. The van der Waals surface area contributed by atoms with Crippen molar-refractivity contribution in [3.63, 3.8) is 0 Å². The quantitative estimate of drug-likeness (QED) is 0.436. The molecule has 1 aliphatic heterocycles. The predicted molar refractivity (Wildman–Crippen MR) is 30.5 cm³/mol. The number of ether oxygens (including phenoxy) is 2. The summed E-state index contributed by atoms with van der Waals surface area (Å²) in [5.74, 6) is 0. The molecule has 0 radical (unpaired) electrons. The Morgan fingerprint density at radius 3 is 2.88 bits per heavy atom. The van der Waals surface area contributed by atoms with Crippen molar-refractivity contribution in [1.82, 2.24) is 0 Å². The maximum Gasteiger partial charge on any atom is 0.147 e. The summed E-state index contributed by atoms with van der Waals surface area (Å²) in [5, 5.41) is 0. The average molecular weight is 114 g/mol. The van der Waals surface area contributed by atoms with Crippen LogP contribution in [-0.4, -0.2) is 19.5 Å². The highest BCUT2D eigenvalue weighted by Crippen LogP contribution is 2.09. The average Bonchev–Trinajstić information content (AvgIpc) is 1.77. The van der Waals surface area contributed by atoms with Crippen LogP contribution in [0.15, 0.2) is 12.2 Å². The molecule has 1 saturated heterocycles. The van der Waals surface area contributed by atoms with Gasteiger partial charge in [0.1, 0.15) is 6.79 Å². The molecule has 0 aliphatic carbocycles. The standard InChI is InChI=1S/C6H10O2/c1-5-3-7-4-8-6(5)2/h6H,1,3-4H2,2H3. The van der Waals surface area contributed by atoms with Crippen molar-refractivity contribution in [1.29, 1.82) is 0 Å². The van der Waals surface area contributed by atoms with E-state index in [1.54, 1.807) is 0 Å². The van der Waals surface area contributed by atoms with Crippen LogP contribution in [0.3, 0.4) is 0 Å². The van der Waals surface area contributed by atoms with Gasteiger partial charge in [-0.05, 0) is 12.5 Å². The maximum absolute atomic E-state index is 5.07. The highest BCUT2D eigenvalue weighted by molar-refractivity contribution is 5.01. The van der Waals surface area contributed by atoms with Crippen molar-refractivity contribution in [3.8, 4) is 0 Å². The van der Waals surface area contributed by atoms with Crippen LogP contribution < -0.4 is 0 Å². The highest BCUT2D eigenvalue weighted by Gasteiger charge is 2.11. The molecule has 0 aromatic carbocycles. The number of hydrogen-bond donors (Lipinski definition) is 0. The third-order valence-corrected chi connectivity index (χ3v) is 1.26. The first kappa shape index (κ1) is 5.79. The van der Waals surface area contributed by atoms with Gasteiger partial charge in [0.2, 0.25) is 0 Å². The fourth-order valence-corrected chi connectivity index (χ4v) is 0.558. The molecule has 1 atom stereocenters. The van der Waals surface area contributed by atoms with Crippen LogP contribution in [0.4, 0.5) is 0 Å². The van der Waals surface area contributed by atoms with E-state index in [0.29, 0.717) is 13.4 Å². The third kappa shape index (κ3) is 1.08. The summed E-state index contributed by atoms with van der Waals surface area (Å²) in [6.45, 7) is 6.79. The molecule has 0 N–H and O–H groups in total. The SMILES string of the molecule is C=C1COCOC1C. The smallest absolute Gasteiger partial charge is 0.147 e. The topological polar surface area (TPSA) is 18.5 Å². The second kappa shape index (κ2) is 2.29. The Balaban J connectivity index is 2.39. The molecule has 0 aromatic rings. The summed E-state index contributed by atoms with van der Waals surface area (Å²) < 4.78 is 10.00. The molecule has 0 spiro atoms. The predicted octanol–water partition coefficient (Wildman–Crippen LogP) is 0.935. The van der Waals surface area contributed by atoms with Crippen LogP contribution >= 0.6 is 0 Å². The van der Waals surface area contributed by atoms with Crippen molar-refractivity contribution in [3.05, 3.63) is 12.2 Å². The molecule has 1 aliphatic rings. The lowest BCUT2D eigenvalue weighted by Gasteiger charge is -2.21. The van der Waals surface area contributed by atoms with Crippen molar-refractivity contribution in [2.75, 3.05) is 13.4 Å². The monoisotopic (exact) mass is 114 g/mol. The van der Waals surface area contributed by atoms with E-state index in [-0.39, 0.29) is 6.10 Å². The minimum Gasteiger partial charge on any atom is -0.351 e. The first-order valence-corrected chi connectivity index (χ1v) is 2.67. The van der Waals surface area contributed by atoms with Crippen LogP contribution in [-0.2, 0) is 9.47 Å². The van der Waals surface area contributed by atoms with Gasteiger partial charge in [-0.15, -0.1) is 0 Å². The molecule has 0 aromatic heterocycles. The van der Waals surface area contributed by atoms with E-state index in [9.17, 15) is 0 Å². The minimum atomic E-state index is 0.184. The molecule has 2 heteroatoms. The Hall–Kier alpha value is -0.340. The molecule has 0 saturated carbocycles. The van der Waals surface area contributed by atoms with Gasteiger partial charge >= 0.3 is 0 Å². The summed E-state index contributed by atoms with van der Waals surface area (Å²) in [6, 6.07) is 0. The summed E-state index contributed by atoms with van der Waals surface area (Å²) in [4.78, 5) is 0. The van der Waals surface area contributed by atoms with E-state index >= 15 is 0 Å². The van der Waals surface area contributed by atoms with Crippen molar-refractivity contribution in [2.45, 2.75) is 13.0 Å². The van der Waals surface area contributed by atoms with Gasteiger partial charge in [-0.2, -0.15) is 0 Å². The fourth-order valence-electron chi connectivity index (χ4n) is 0.558. The summed E-state index contributed by atoms with van der Waals surface area (Å²) in [6.07, 6.45) is 0.184. The van der Waals surface area contributed by atoms with Gasteiger partial charge in [-0.3, -0.25) is 0 Å². The van der Waals surface area contributed by atoms with Crippen LogP contribution in [0, 0.1) is 0 Å². The molecule has 1 heterocycles. The second-order valence-corrected chi connectivity index (χ2v) is 1.93. The first-order valence-electron chi connectivity index (χ1n) is 2.67. The van der Waals surface area contributed by atoms with E-state index in [1.807, 2.05) is 6.92 Å². The normalized spacial score (nSPS) is 30.6. The van der Waals surface area contributed by atoms with Crippen molar-refractivity contribution in [2.24, 2.45) is 0 Å². The lowest BCUT2D eigenvalue weighted by atomic mass is 10.2. The zero-order valence-electron chi connectivity index (χ0n) is 5.02. The second-order valence-electron chi connectivity index (χ2n) is 1.93. The molecular weight excluding hydrogens is 104 g/mol. The molecule has 1 unspecified atom stereocenters. The van der Waals surface area contributed by atoms with E-state index < -0.39 is 0 Å². The summed E-state index contributed by atoms with van der Waals surface area (Å²) in [7, 11) is 0. The largest absolute Gasteiger partial charge is 0.351 e. The Morgan fingerprint density at radius 1 is 1.75 bits per heavy atom. The minimum absolute atomic E-state index is 0.184. The van der Waals surface area contributed by atoms with Crippen LogP contribution in [0.2, 0.25) is 0 Å². The molecule has 1 rings (SSSR count). The zero-order valence-corrected chi connectivity index (χ0v) is 5.02. The lowest BCUT2D eigenvalue weighted by molar-refractivity contribution is -0.101. The molecular formula is C6H10O2. The molecule has 8 heavy (non-hydrogen) atoms. The van der Waals surface area contributed by atoms with Crippen LogP contribution in [0.1, 0.15) is 6.92 Å². The zero-order chi connectivity index (χ0) is 5.98. The number of rotatable bonds is 0. The van der Waals surface area contributed by atoms with E-state index in [0.717, 1.165) is 5.57 Å². The van der Waals surface area contributed by atoms with Crippen LogP contribution in [0.5, 0.6) is 0 Å². The van der Waals surface area contributed by atoms with Gasteiger partial charge in [0.05, 0.1) is 12.7 Å². The van der Waals surface area contributed by atoms with E-state index in [1.165, 1.54) is 0 Å². The molecule has 0 amide bonds. The molecule has 46 valence electrons. The lowest BCUT2D eigenvalue weighted by Crippen LogP contribution is -2.22.